The van der Waals surface area contributed by atoms with Gasteiger partial charge in [-0.3, -0.25) is 4.98 Å². The van der Waals surface area contributed by atoms with E-state index in [-0.39, 0.29) is 4.75 Å². The SMILES string of the molecule is CN1Cc2ccncc2C(C)(C)S1=O. The van der Waals surface area contributed by atoms with Crippen LogP contribution >= 0.6 is 0 Å². The first kappa shape index (κ1) is 9.80. The number of aromatic nitrogens is 1. The quantitative estimate of drug-likeness (QED) is 0.649. The van der Waals surface area contributed by atoms with Crippen LogP contribution in [0.1, 0.15) is 25.0 Å². The van der Waals surface area contributed by atoms with E-state index in [1.54, 1.807) is 6.20 Å². The molecule has 1 aromatic heterocycles. The number of hydrogen-bond donors (Lipinski definition) is 0. The Bertz CT molecular complexity index is 389. The summed E-state index contributed by atoms with van der Waals surface area (Å²) in [4.78, 5) is 4.10. The van der Waals surface area contributed by atoms with Gasteiger partial charge in [-0.15, -0.1) is 0 Å². The van der Waals surface area contributed by atoms with E-state index < -0.39 is 11.0 Å². The highest BCUT2D eigenvalue weighted by Crippen LogP contribution is 2.35. The van der Waals surface area contributed by atoms with E-state index in [1.165, 1.54) is 5.56 Å². The van der Waals surface area contributed by atoms with Crippen molar-refractivity contribution in [1.29, 1.82) is 0 Å². The summed E-state index contributed by atoms with van der Waals surface area (Å²) < 4.78 is 13.6. The molecule has 0 fully saturated rings. The lowest BCUT2D eigenvalue weighted by molar-refractivity contribution is 0.469. The van der Waals surface area contributed by atoms with Crippen molar-refractivity contribution in [3.05, 3.63) is 29.6 Å². The van der Waals surface area contributed by atoms with Crippen LogP contribution in [0.15, 0.2) is 18.5 Å². The standard InChI is InChI=1S/C10H14N2OS/c1-10(2)9-6-11-5-4-8(9)7-12(3)14(10)13/h4-6H,7H2,1-3H3. The van der Waals surface area contributed by atoms with Crippen molar-refractivity contribution in [1.82, 2.24) is 9.29 Å². The Labute approximate surface area is 86.7 Å². The van der Waals surface area contributed by atoms with Crippen molar-refractivity contribution in [3.63, 3.8) is 0 Å². The molecule has 1 atom stereocenters. The normalized spacial score (nSPS) is 25.8. The maximum atomic E-state index is 12.0. The minimum Gasteiger partial charge on any atom is -0.264 e. The highest BCUT2D eigenvalue weighted by molar-refractivity contribution is 7.83. The molecular weight excluding hydrogens is 196 g/mol. The average Bonchev–Trinajstić information content (AvgIpc) is 2.15. The van der Waals surface area contributed by atoms with Gasteiger partial charge in [0.1, 0.15) is 11.0 Å². The van der Waals surface area contributed by atoms with E-state index in [0.29, 0.717) is 0 Å². The molecule has 0 saturated carbocycles. The molecule has 0 amide bonds. The predicted octanol–water partition coefficient (Wildman–Crippen LogP) is 1.43. The number of hydrogen-bond acceptors (Lipinski definition) is 2. The fourth-order valence-corrected chi connectivity index (χ4v) is 3.29. The van der Waals surface area contributed by atoms with Crippen LogP contribution in [0.5, 0.6) is 0 Å². The predicted molar refractivity (Wildman–Crippen MR) is 56.9 cm³/mol. The van der Waals surface area contributed by atoms with Crippen LogP contribution in [0, 0.1) is 0 Å². The Hall–Kier alpha value is -0.740. The minimum absolute atomic E-state index is 0.323. The Morgan fingerprint density at radius 1 is 1.57 bits per heavy atom. The Kier molecular flexibility index (Phi) is 2.20. The van der Waals surface area contributed by atoms with E-state index in [4.69, 9.17) is 0 Å². The summed E-state index contributed by atoms with van der Waals surface area (Å²) in [5, 5.41) is 0. The molecule has 0 radical (unpaired) electrons. The van der Waals surface area contributed by atoms with Gasteiger partial charge in [-0.05, 0) is 31.0 Å². The molecule has 0 spiro atoms. The van der Waals surface area contributed by atoms with Gasteiger partial charge in [0.05, 0.1) is 4.75 Å². The zero-order valence-electron chi connectivity index (χ0n) is 8.65. The number of fused-ring (bicyclic) bond motifs is 1. The van der Waals surface area contributed by atoms with Gasteiger partial charge in [0.15, 0.2) is 0 Å². The second-order valence-corrected chi connectivity index (χ2v) is 6.22. The van der Waals surface area contributed by atoms with Crippen LogP contribution in [0.3, 0.4) is 0 Å². The molecular formula is C10H14N2OS. The first-order valence-corrected chi connectivity index (χ1v) is 5.70. The van der Waals surface area contributed by atoms with Gasteiger partial charge >= 0.3 is 0 Å². The van der Waals surface area contributed by atoms with Crippen LogP contribution in [-0.4, -0.2) is 20.5 Å². The van der Waals surface area contributed by atoms with E-state index in [1.807, 2.05) is 37.5 Å². The third kappa shape index (κ3) is 1.29. The van der Waals surface area contributed by atoms with Crippen molar-refractivity contribution in [2.45, 2.75) is 25.1 Å². The van der Waals surface area contributed by atoms with E-state index in [9.17, 15) is 4.21 Å². The molecule has 2 rings (SSSR count). The lowest BCUT2D eigenvalue weighted by Gasteiger charge is -2.36. The first-order chi connectivity index (χ1) is 6.53. The molecule has 2 heterocycles. The highest BCUT2D eigenvalue weighted by atomic mass is 32.2. The van der Waals surface area contributed by atoms with Gasteiger partial charge in [0, 0.05) is 26.0 Å². The summed E-state index contributed by atoms with van der Waals surface area (Å²) in [7, 11) is 0.927. The minimum atomic E-state index is -0.963. The van der Waals surface area contributed by atoms with Crippen LogP contribution in [0.4, 0.5) is 0 Å². The summed E-state index contributed by atoms with van der Waals surface area (Å²) >= 11 is 0. The molecule has 3 nitrogen and oxygen atoms in total. The lowest BCUT2D eigenvalue weighted by atomic mass is 9.98. The summed E-state index contributed by atoms with van der Waals surface area (Å²) in [5.41, 5.74) is 2.34. The van der Waals surface area contributed by atoms with Gasteiger partial charge in [-0.2, -0.15) is 0 Å². The molecule has 1 unspecified atom stereocenters. The maximum absolute atomic E-state index is 12.0. The largest absolute Gasteiger partial charge is 0.264 e. The topological polar surface area (TPSA) is 33.2 Å². The van der Waals surface area contributed by atoms with Crippen molar-refractivity contribution < 1.29 is 4.21 Å². The van der Waals surface area contributed by atoms with Crippen LogP contribution < -0.4 is 0 Å². The van der Waals surface area contributed by atoms with Gasteiger partial charge < -0.3 is 0 Å². The molecule has 0 bridgehead atoms. The molecule has 76 valence electrons. The van der Waals surface area contributed by atoms with Gasteiger partial charge in [-0.25, -0.2) is 8.51 Å². The van der Waals surface area contributed by atoms with Crippen molar-refractivity contribution >= 4 is 11.0 Å². The molecule has 1 aromatic rings. The van der Waals surface area contributed by atoms with E-state index >= 15 is 0 Å². The van der Waals surface area contributed by atoms with Crippen LogP contribution in [-0.2, 0) is 22.3 Å². The maximum Gasteiger partial charge on any atom is 0.105 e. The molecule has 0 aliphatic carbocycles. The van der Waals surface area contributed by atoms with Gasteiger partial charge in [0.25, 0.3) is 0 Å². The summed E-state index contributed by atoms with van der Waals surface area (Å²) in [6, 6.07) is 2.00. The zero-order chi connectivity index (χ0) is 10.3. The average molecular weight is 210 g/mol. The number of rotatable bonds is 0. The molecule has 0 aromatic carbocycles. The van der Waals surface area contributed by atoms with Crippen LogP contribution in [0.25, 0.3) is 0 Å². The van der Waals surface area contributed by atoms with E-state index in [2.05, 4.69) is 4.98 Å². The monoisotopic (exact) mass is 210 g/mol. The molecule has 14 heavy (non-hydrogen) atoms. The highest BCUT2D eigenvalue weighted by Gasteiger charge is 2.37. The van der Waals surface area contributed by atoms with Crippen molar-refractivity contribution in [2.24, 2.45) is 0 Å². The summed E-state index contributed by atoms with van der Waals surface area (Å²) in [6.07, 6.45) is 3.62. The van der Waals surface area contributed by atoms with Crippen LogP contribution in [0.2, 0.25) is 0 Å². The molecule has 1 aliphatic rings. The van der Waals surface area contributed by atoms with Crippen molar-refractivity contribution in [2.75, 3.05) is 7.05 Å². The first-order valence-electron chi connectivity index (χ1n) is 4.60. The second kappa shape index (κ2) is 3.14. The fourth-order valence-electron chi connectivity index (χ4n) is 1.89. The Balaban J connectivity index is 2.60. The number of pyridine rings is 1. The Morgan fingerprint density at radius 3 is 3.00 bits per heavy atom. The van der Waals surface area contributed by atoms with Gasteiger partial charge in [0.2, 0.25) is 0 Å². The smallest absolute Gasteiger partial charge is 0.105 e. The molecule has 4 heteroatoms. The third-order valence-corrected chi connectivity index (χ3v) is 4.46. The Morgan fingerprint density at radius 2 is 2.29 bits per heavy atom. The molecule has 1 aliphatic heterocycles. The molecule has 0 N–H and O–H groups in total. The summed E-state index contributed by atoms with van der Waals surface area (Å²) in [5.74, 6) is 0. The third-order valence-electron chi connectivity index (χ3n) is 2.67. The summed E-state index contributed by atoms with van der Waals surface area (Å²) in [6.45, 7) is 4.74. The fraction of sp³-hybridized carbons (Fsp3) is 0.500. The zero-order valence-corrected chi connectivity index (χ0v) is 9.47. The van der Waals surface area contributed by atoms with Gasteiger partial charge in [-0.1, -0.05) is 0 Å². The number of nitrogens with zero attached hydrogens (tertiary/aromatic N) is 2. The lowest BCUT2D eigenvalue weighted by Crippen LogP contribution is -2.40. The van der Waals surface area contributed by atoms with Crippen molar-refractivity contribution in [3.8, 4) is 0 Å². The second-order valence-electron chi connectivity index (χ2n) is 4.08. The van der Waals surface area contributed by atoms with E-state index in [0.717, 1.165) is 12.1 Å². The molecule has 0 saturated heterocycles.